The maximum absolute atomic E-state index is 12.5. The highest BCUT2D eigenvalue weighted by Crippen LogP contribution is 2.17. The number of fused-ring (bicyclic) bond motifs is 6. The third-order valence-electron chi connectivity index (χ3n) is 5.31. The van der Waals surface area contributed by atoms with Crippen molar-refractivity contribution >= 4 is 43.6 Å². The number of benzene rings is 4. The molecule has 0 bridgehead atoms. The molecule has 0 atom stereocenters. The summed E-state index contributed by atoms with van der Waals surface area (Å²) in [7, 11) is 0. The number of hydrogen-bond acceptors (Lipinski definition) is 14. The summed E-state index contributed by atoms with van der Waals surface area (Å²) in [5, 5.41) is -4.81. The van der Waals surface area contributed by atoms with E-state index in [0.29, 0.717) is 0 Å². The molecule has 0 radical (unpaired) electrons. The van der Waals surface area contributed by atoms with Gasteiger partial charge in [-0.05, 0) is 0 Å². The molecule has 1 aromatic heterocycles. The van der Waals surface area contributed by atoms with E-state index >= 15 is 0 Å². The van der Waals surface area contributed by atoms with Crippen molar-refractivity contribution in [3.63, 3.8) is 0 Å². The van der Waals surface area contributed by atoms with Crippen LogP contribution in [-0.2, 0) is 0 Å². The molecule has 14 nitrogen and oxygen atoms in total. The molecule has 0 aliphatic heterocycles. The molecule has 0 aliphatic rings. The van der Waals surface area contributed by atoms with Gasteiger partial charge in [-0.15, -0.1) is 0 Å². The van der Waals surface area contributed by atoms with Crippen LogP contribution < -0.4 is 65.1 Å². The number of nitrogens with zero attached hydrogens (tertiary/aromatic N) is 2. The van der Waals surface area contributed by atoms with Gasteiger partial charge < -0.3 is 0 Å². The van der Waals surface area contributed by atoms with Crippen LogP contribution in [0.3, 0.4) is 0 Å². The fourth-order valence-electron chi connectivity index (χ4n) is 3.75. The molecular formula is C20N2O12. The Morgan fingerprint density at radius 3 is 0.794 bits per heavy atom. The third kappa shape index (κ3) is 2.12. The highest BCUT2D eigenvalue weighted by atomic mass is 16.2. The van der Waals surface area contributed by atoms with E-state index in [9.17, 15) is 57.5 Å². The van der Waals surface area contributed by atoms with E-state index in [0.717, 1.165) is 0 Å². The van der Waals surface area contributed by atoms with E-state index in [-0.39, 0.29) is 0 Å². The average Bonchev–Trinajstić information content (AvgIpc) is 2.82. The molecule has 5 aromatic rings. The van der Waals surface area contributed by atoms with Gasteiger partial charge in [0.2, 0.25) is 32.6 Å². The minimum absolute atomic E-state index is 0.976. The van der Waals surface area contributed by atoms with Gasteiger partial charge in [-0.25, -0.2) is 9.97 Å². The summed E-state index contributed by atoms with van der Waals surface area (Å²) in [6.45, 7) is 0. The van der Waals surface area contributed by atoms with Crippen molar-refractivity contribution in [2.75, 3.05) is 0 Å². The summed E-state index contributed by atoms with van der Waals surface area (Å²) in [4.78, 5) is 153. The molecule has 0 unspecified atom stereocenters. The normalized spacial score (nSPS) is 11.8. The topological polar surface area (TPSA) is 231 Å². The Morgan fingerprint density at radius 2 is 0.471 bits per heavy atom. The summed E-state index contributed by atoms with van der Waals surface area (Å²) in [5.41, 5.74) is -25.3. The Kier molecular flexibility index (Phi) is 3.68. The molecule has 14 heteroatoms. The minimum atomic E-state index is -1.89. The highest BCUT2D eigenvalue weighted by Gasteiger charge is 2.26. The highest BCUT2D eigenvalue weighted by molar-refractivity contribution is 6.10. The Balaban J connectivity index is 2.36. The molecule has 34 heavy (non-hydrogen) atoms. The second-order valence-electron chi connectivity index (χ2n) is 7.07. The van der Waals surface area contributed by atoms with E-state index in [4.69, 9.17) is 0 Å². The first kappa shape index (κ1) is 20.5. The molecule has 0 spiro atoms. The van der Waals surface area contributed by atoms with Crippen LogP contribution in [0.25, 0.3) is 43.6 Å². The molecule has 0 N–H and O–H groups in total. The first-order valence-electron chi connectivity index (χ1n) is 8.84. The van der Waals surface area contributed by atoms with E-state index in [2.05, 4.69) is 9.97 Å². The molecule has 0 saturated heterocycles. The van der Waals surface area contributed by atoms with E-state index < -0.39 is 109 Å². The van der Waals surface area contributed by atoms with Crippen molar-refractivity contribution in [3.8, 4) is 0 Å². The zero-order chi connectivity index (χ0) is 25.0. The van der Waals surface area contributed by atoms with Gasteiger partial charge in [-0.3, -0.25) is 57.5 Å². The summed E-state index contributed by atoms with van der Waals surface area (Å²) in [6, 6.07) is 0. The van der Waals surface area contributed by atoms with Crippen LogP contribution in [0.15, 0.2) is 57.5 Å². The minimum Gasteiger partial charge on any atom is -0.285 e. The molecular weight excluding hydrogens is 460 g/mol. The van der Waals surface area contributed by atoms with Gasteiger partial charge in [-0.2, -0.15) is 0 Å². The Labute approximate surface area is 177 Å². The zero-order valence-corrected chi connectivity index (χ0v) is 15.8. The van der Waals surface area contributed by atoms with E-state index in [1.165, 1.54) is 0 Å². The molecule has 0 amide bonds. The lowest BCUT2D eigenvalue weighted by molar-refractivity contribution is 1.32. The largest absolute Gasteiger partial charge is 0.285 e. The first-order valence-corrected chi connectivity index (χ1v) is 8.84. The predicted octanol–water partition coefficient (Wildman–Crippen LogP) is -5.96. The molecule has 5 rings (SSSR count). The SMILES string of the molecule is O=c1c(=O)c(=O)c2c(c1=O)c(=O)c(=O)c1nc3c(=O)c(=O)c4c(=O)c(=O)c(=O)c(=O)c4c3nc12. The lowest BCUT2D eigenvalue weighted by Gasteiger charge is -2.03. The number of rotatable bonds is 0. The lowest BCUT2D eigenvalue weighted by atomic mass is 10.0. The van der Waals surface area contributed by atoms with Crippen LogP contribution in [0.1, 0.15) is 0 Å². The van der Waals surface area contributed by atoms with Gasteiger partial charge in [0.1, 0.15) is 22.1 Å². The Bertz CT molecular complexity index is 2350. The van der Waals surface area contributed by atoms with Crippen molar-refractivity contribution in [1.82, 2.24) is 9.97 Å². The molecule has 162 valence electrons. The van der Waals surface area contributed by atoms with Gasteiger partial charge in [-0.1, -0.05) is 0 Å². The quantitative estimate of drug-likeness (QED) is 0.119. The molecule has 1 heterocycles. The second-order valence-corrected chi connectivity index (χ2v) is 7.07. The summed E-state index contributed by atoms with van der Waals surface area (Å²) >= 11 is 0. The van der Waals surface area contributed by atoms with Crippen LogP contribution in [0.2, 0.25) is 0 Å². The molecule has 0 fully saturated rings. The van der Waals surface area contributed by atoms with Crippen LogP contribution in [0.5, 0.6) is 0 Å². The van der Waals surface area contributed by atoms with Gasteiger partial charge in [0.25, 0.3) is 32.6 Å². The Morgan fingerprint density at radius 1 is 0.235 bits per heavy atom. The van der Waals surface area contributed by atoms with Crippen LogP contribution in [-0.4, -0.2) is 9.97 Å². The van der Waals surface area contributed by atoms with Crippen molar-refractivity contribution in [1.29, 1.82) is 0 Å². The Hall–Kier alpha value is -5.40. The van der Waals surface area contributed by atoms with Crippen LogP contribution >= 0.6 is 0 Å². The summed E-state index contributed by atoms with van der Waals surface area (Å²) < 4.78 is 0. The van der Waals surface area contributed by atoms with Crippen LogP contribution in [0.4, 0.5) is 0 Å². The zero-order valence-electron chi connectivity index (χ0n) is 15.8. The lowest BCUT2D eigenvalue weighted by Crippen LogP contribution is -2.50. The van der Waals surface area contributed by atoms with Crippen molar-refractivity contribution < 1.29 is 0 Å². The van der Waals surface area contributed by atoms with E-state index in [1.54, 1.807) is 0 Å². The smallest absolute Gasteiger partial charge is 0.277 e. The standard InChI is InChI=1S/C20N2O12/c23-9-1-3(13(27)19(33)17(9)31)11(25)15(29)7-5(1)21-6-2-4(12(26)16(30)8(6)22-7)14(28)20(34)18(32)10(2)24. The number of hydrogen-bond donors (Lipinski definition) is 0. The summed E-state index contributed by atoms with van der Waals surface area (Å²) in [6.07, 6.45) is 0. The van der Waals surface area contributed by atoms with Crippen molar-refractivity contribution in [3.05, 3.63) is 123 Å². The van der Waals surface area contributed by atoms with Crippen molar-refractivity contribution in [2.45, 2.75) is 0 Å². The molecule has 4 aromatic carbocycles. The molecule has 0 saturated carbocycles. The van der Waals surface area contributed by atoms with Gasteiger partial charge in [0, 0.05) is 0 Å². The predicted molar refractivity (Wildman–Crippen MR) is 114 cm³/mol. The second kappa shape index (κ2) is 6.10. The van der Waals surface area contributed by atoms with Gasteiger partial charge in [0.05, 0.1) is 21.5 Å². The maximum atomic E-state index is 12.5. The third-order valence-corrected chi connectivity index (χ3v) is 5.31. The fourth-order valence-corrected chi connectivity index (χ4v) is 3.75. The van der Waals surface area contributed by atoms with Gasteiger partial charge in [0.15, 0.2) is 0 Å². The van der Waals surface area contributed by atoms with Crippen LogP contribution in [0, 0.1) is 0 Å². The fraction of sp³-hybridized carbons (Fsp3) is 0. The summed E-state index contributed by atoms with van der Waals surface area (Å²) in [5.74, 6) is 0. The van der Waals surface area contributed by atoms with Gasteiger partial charge >= 0.3 is 0 Å². The first-order chi connectivity index (χ1) is 15.9. The van der Waals surface area contributed by atoms with E-state index in [1.807, 2.05) is 0 Å². The molecule has 0 aliphatic carbocycles. The average molecular weight is 460 g/mol. The van der Waals surface area contributed by atoms with Crippen molar-refractivity contribution in [2.24, 2.45) is 0 Å². The number of aromatic nitrogens is 2. The maximum Gasteiger partial charge on any atom is 0.277 e. The monoisotopic (exact) mass is 460 g/mol.